The number of nitrogens with zero attached hydrogens (tertiary/aromatic N) is 3. The zero-order valence-corrected chi connectivity index (χ0v) is 10.1. The summed E-state index contributed by atoms with van der Waals surface area (Å²) < 4.78 is 1.45. The smallest absolute Gasteiger partial charge is 0.337 e. The van der Waals surface area contributed by atoms with Crippen molar-refractivity contribution in [3.8, 4) is 5.69 Å². The lowest BCUT2D eigenvalue weighted by Gasteiger charge is -2.08. The predicted octanol–water partition coefficient (Wildman–Crippen LogP) is 2.24. The molecule has 2 rings (SSSR count). The number of halogens is 1. The predicted molar refractivity (Wildman–Crippen MR) is 62.8 cm³/mol. The lowest BCUT2D eigenvalue weighted by Crippen LogP contribution is -2.08. The molecule has 6 heteroatoms. The summed E-state index contributed by atoms with van der Waals surface area (Å²) in [6.07, 6.45) is 0. The summed E-state index contributed by atoms with van der Waals surface area (Å²) >= 11 is 6.04. The SMILES string of the molecule is Cc1nc(C)n(-c2c(Cl)cccc2C(=O)O)n1. The Balaban J connectivity index is 2.74. The summed E-state index contributed by atoms with van der Waals surface area (Å²) in [4.78, 5) is 15.3. The molecule has 1 aromatic carbocycles. The molecule has 0 fully saturated rings. The lowest BCUT2D eigenvalue weighted by atomic mass is 10.2. The van der Waals surface area contributed by atoms with Crippen molar-refractivity contribution in [1.29, 1.82) is 0 Å². The molecule has 2 aromatic rings. The van der Waals surface area contributed by atoms with E-state index in [-0.39, 0.29) is 5.56 Å². The Bertz CT molecular complexity index is 592. The maximum Gasteiger partial charge on any atom is 0.337 e. The molecule has 0 unspecified atom stereocenters. The molecule has 1 heterocycles. The van der Waals surface area contributed by atoms with Crippen molar-refractivity contribution < 1.29 is 9.90 Å². The van der Waals surface area contributed by atoms with Crippen molar-refractivity contribution >= 4 is 17.6 Å². The van der Waals surface area contributed by atoms with Crippen molar-refractivity contribution in [2.75, 3.05) is 0 Å². The van der Waals surface area contributed by atoms with E-state index < -0.39 is 5.97 Å². The van der Waals surface area contributed by atoms with Crippen LogP contribution in [0.25, 0.3) is 5.69 Å². The highest BCUT2D eigenvalue weighted by Gasteiger charge is 2.17. The number of rotatable bonds is 2. The third-order valence-electron chi connectivity index (χ3n) is 2.30. The van der Waals surface area contributed by atoms with Gasteiger partial charge in [-0.25, -0.2) is 14.5 Å². The molecule has 0 bridgehead atoms. The van der Waals surface area contributed by atoms with Crippen molar-refractivity contribution in [1.82, 2.24) is 14.8 Å². The Labute approximate surface area is 103 Å². The second-order valence-electron chi connectivity index (χ2n) is 3.56. The lowest BCUT2D eigenvalue weighted by molar-refractivity contribution is 0.0696. The van der Waals surface area contributed by atoms with Gasteiger partial charge in [0.1, 0.15) is 11.6 Å². The first-order valence-electron chi connectivity index (χ1n) is 4.93. The van der Waals surface area contributed by atoms with Gasteiger partial charge in [0, 0.05) is 0 Å². The number of benzene rings is 1. The fourth-order valence-electron chi connectivity index (χ4n) is 1.64. The highest BCUT2D eigenvalue weighted by molar-refractivity contribution is 6.33. The van der Waals surface area contributed by atoms with Gasteiger partial charge in [0.05, 0.1) is 16.3 Å². The zero-order valence-electron chi connectivity index (χ0n) is 9.31. The molecule has 0 amide bonds. The van der Waals surface area contributed by atoms with Crippen LogP contribution in [0.1, 0.15) is 22.0 Å². The molecule has 0 saturated heterocycles. The van der Waals surface area contributed by atoms with E-state index in [4.69, 9.17) is 16.7 Å². The van der Waals surface area contributed by atoms with E-state index >= 15 is 0 Å². The number of carbonyl (C=O) groups is 1. The van der Waals surface area contributed by atoms with Gasteiger partial charge in [-0.3, -0.25) is 0 Å². The zero-order chi connectivity index (χ0) is 12.6. The average molecular weight is 252 g/mol. The Morgan fingerprint density at radius 2 is 2.12 bits per heavy atom. The van der Waals surface area contributed by atoms with Crippen molar-refractivity contribution in [2.45, 2.75) is 13.8 Å². The summed E-state index contributed by atoms with van der Waals surface area (Å²) in [5.41, 5.74) is 0.449. The van der Waals surface area contributed by atoms with Crippen LogP contribution in [-0.2, 0) is 0 Å². The van der Waals surface area contributed by atoms with Crippen LogP contribution in [0, 0.1) is 13.8 Å². The maximum absolute atomic E-state index is 11.1. The van der Waals surface area contributed by atoms with Crippen LogP contribution in [0.5, 0.6) is 0 Å². The van der Waals surface area contributed by atoms with E-state index in [0.717, 1.165) is 0 Å². The fourth-order valence-corrected chi connectivity index (χ4v) is 1.89. The Morgan fingerprint density at radius 3 is 2.65 bits per heavy atom. The molecular formula is C11H10ClN3O2. The molecule has 88 valence electrons. The van der Waals surface area contributed by atoms with Crippen LogP contribution in [-0.4, -0.2) is 25.8 Å². The normalized spacial score (nSPS) is 10.5. The molecule has 0 aliphatic carbocycles. The highest BCUT2D eigenvalue weighted by atomic mass is 35.5. The van der Waals surface area contributed by atoms with Crippen LogP contribution in [0.2, 0.25) is 5.02 Å². The number of hydrogen-bond acceptors (Lipinski definition) is 3. The third-order valence-corrected chi connectivity index (χ3v) is 2.61. The summed E-state index contributed by atoms with van der Waals surface area (Å²) in [7, 11) is 0. The first kappa shape index (κ1) is 11.6. The van der Waals surface area contributed by atoms with E-state index in [1.165, 1.54) is 10.7 Å². The molecule has 0 aliphatic rings. The van der Waals surface area contributed by atoms with Gasteiger partial charge in [0.15, 0.2) is 0 Å². The van der Waals surface area contributed by atoms with Crippen molar-refractivity contribution in [2.24, 2.45) is 0 Å². The summed E-state index contributed by atoms with van der Waals surface area (Å²) in [5.74, 6) is 0.118. The number of para-hydroxylation sites is 1. The number of aromatic carboxylic acids is 1. The number of carboxylic acid groups (broad SMARTS) is 1. The van der Waals surface area contributed by atoms with Crippen LogP contribution in [0.15, 0.2) is 18.2 Å². The van der Waals surface area contributed by atoms with Gasteiger partial charge in [-0.2, -0.15) is 5.10 Å². The van der Waals surface area contributed by atoms with Crippen LogP contribution in [0.3, 0.4) is 0 Å². The fraction of sp³-hybridized carbons (Fsp3) is 0.182. The second-order valence-corrected chi connectivity index (χ2v) is 3.97. The minimum absolute atomic E-state index is 0.102. The highest BCUT2D eigenvalue weighted by Crippen LogP contribution is 2.24. The largest absolute Gasteiger partial charge is 0.478 e. The topological polar surface area (TPSA) is 68.0 Å². The molecule has 0 aliphatic heterocycles. The number of aryl methyl sites for hydroxylation is 2. The number of hydrogen-bond donors (Lipinski definition) is 1. The molecule has 1 aromatic heterocycles. The van der Waals surface area contributed by atoms with Gasteiger partial charge in [0.2, 0.25) is 0 Å². The van der Waals surface area contributed by atoms with E-state index in [9.17, 15) is 4.79 Å². The van der Waals surface area contributed by atoms with Crippen LogP contribution < -0.4 is 0 Å². The second kappa shape index (κ2) is 4.18. The Hall–Kier alpha value is -1.88. The maximum atomic E-state index is 11.1. The van der Waals surface area contributed by atoms with Gasteiger partial charge >= 0.3 is 5.97 Å². The standard InChI is InChI=1S/C11H10ClN3O2/c1-6-13-7(2)15(14-6)10-8(11(16)17)4-3-5-9(10)12/h3-5H,1-2H3,(H,16,17). The Kier molecular flexibility index (Phi) is 2.85. The average Bonchev–Trinajstić information content (AvgIpc) is 2.57. The van der Waals surface area contributed by atoms with Crippen molar-refractivity contribution in [3.63, 3.8) is 0 Å². The van der Waals surface area contributed by atoms with Crippen LogP contribution in [0.4, 0.5) is 0 Å². The molecule has 0 atom stereocenters. The molecule has 0 radical (unpaired) electrons. The van der Waals surface area contributed by atoms with Gasteiger partial charge < -0.3 is 5.11 Å². The quantitative estimate of drug-likeness (QED) is 0.889. The Morgan fingerprint density at radius 1 is 1.41 bits per heavy atom. The van der Waals surface area contributed by atoms with E-state index in [0.29, 0.717) is 22.4 Å². The molecule has 0 spiro atoms. The molecular weight excluding hydrogens is 242 g/mol. The van der Waals surface area contributed by atoms with Gasteiger partial charge in [-0.1, -0.05) is 17.7 Å². The van der Waals surface area contributed by atoms with Gasteiger partial charge in [0.25, 0.3) is 0 Å². The van der Waals surface area contributed by atoms with Crippen LogP contribution >= 0.6 is 11.6 Å². The molecule has 0 saturated carbocycles. The van der Waals surface area contributed by atoms with Gasteiger partial charge in [-0.15, -0.1) is 0 Å². The molecule has 17 heavy (non-hydrogen) atoms. The van der Waals surface area contributed by atoms with Crippen molar-refractivity contribution in [3.05, 3.63) is 40.4 Å². The number of aromatic nitrogens is 3. The summed E-state index contributed by atoms with van der Waals surface area (Å²) in [6.45, 7) is 3.48. The first-order valence-corrected chi connectivity index (χ1v) is 5.31. The minimum atomic E-state index is -1.05. The monoisotopic (exact) mass is 251 g/mol. The number of carboxylic acids is 1. The minimum Gasteiger partial charge on any atom is -0.478 e. The van der Waals surface area contributed by atoms with E-state index in [2.05, 4.69) is 10.1 Å². The van der Waals surface area contributed by atoms with Gasteiger partial charge in [-0.05, 0) is 26.0 Å². The van der Waals surface area contributed by atoms with E-state index in [1.807, 2.05) is 0 Å². The first-order chi connectivity index (χ1) is 8.00. The third kappa shape index (κ3) is 2.01. The summed E-state index contributed by atoms with van der Waals surface area (Å²) in [5, 5.41) is 13.6. The summed E-state index contributed by atoms with van der Waals surface area (Å²) in [6, 6.07) is 4.70. The molecule has 5 nitrogen and oxygen atoms in total. The molecule has 1 N–H and O–H groups in total. The van der Waals surface area contributed by atoms with E-state index in [1.54, 1.807) is 26.0 Å².